The molecule has 0 spiro atoms. The number of fused-ring (bicyclic) bond motifs is 1. The molecule has 4 rings (SSSR count). The van der Waals surface area contributed by atoms with Crippen LogP contribution in [0.4, 0.5) is 0 Å². The Morgan fingerprint density at radius 1 is 1.15 bits per heavy atom. The zero-order valence-electron chi connectivity index (χ0n) is 14.5. The molecule has 0 unspecified atom stereocenters. The zero-order valence-corrected chi connectivity index (χ0v) is 16.1. The van der Waals surface area contributed by atoms with Crippen molar-refractivity contribution in [3.05, 3.63) is 46.5 Å². The SMILES string of the molecule is Cl.O=C(Cc1ccc(Cl)cc1)N1CCC(c2nnc3n2CCNC3)CC1. The maximum absolute atomic E-state index is 12.5. The number of rotatable bonds is 3. The second-order valence-electron chi connectivity index (χ2n) is 6.76. The highest BCUT2D eigenvalue weighted by molar-refractivity contribution is 6.30. The first-order chi connectivity index (χ1) is 12.2. The van der Waals surface area contributed by atoms with Gasteiger partial charge in [-0.2, -0.15) is 0 Å². The molecule has 1 fully saturated rings. The molecule has 1 aromatic heterocycles. The molecular weight excluding hydrogens is 373 g/mol. The normalized spacial score (nSPS) is 17.5. The summed E-state index contributed by atoms with van der Waals surface area (Å²) in [5.41, 5.74) is 1.01. The summed E-state index contributed by atoms with van der Waals surface area (Å²) in [6.07, 6.45) is 2.35. The number of hydrogen-bond acceptors (Lipinski definition) is 4. The van der Waals surface area contributed by atoms with Gasteiger partial charge < -0.3 is 14.8 Å². The van der Waals surface area contributed by atoms with Crippen LogP contribution in [0.5, 0.6) is 0 Å². The van der Waals surface area contributed by atoms with Crippen LogP contribution in [-0.4, -0.2) is 45.2 Å². The number of nitrogens with one attached hydrogen (secondary N) is 1. The number of carbonyl (C=O) groups is 1. The van der Waals surface area contributed by atoms with Gasteiger partial charge in [-0.25, -0.2) is 0 Å². The summed E-state index contributed by atoms with van der Waals surface area (Å²) < 4.78 is 2.26. The Balaban J connectivity index is 0.00000196. The van der Waals surface area contributed by atoms with Crippen molar-refractivity contribution in [1.82, 2.24) is 25.0 Å². The van der Waals surface area contributed by atoms with Gasteiger partial charge in [-0.1, -0.05) is 23.7 Å². The first-order valence-corrected chi connectivity index (χ1v) is 9.23. The number of amides is 1. The van der Waals surface area contributed by atoms with Gasteiger partial charge in [-0.15, -0.1) is 22.6 Å². The van der Waals surface area contributed by atoms with E-state index >= 15 is 0 Å². The third-order valence-corrected chi connectivity index (χ3v) is 5.38. The molecule has 2 aliphatic heterocycles. The number of piperidine rings is 1. The van der Waals surface area contributed by atoms with Crippen LogP contribution >= 0.6 is 24.0 Å². The van der Waals surface area contributed by atoms with Crippen LogP contribution in [0.15, 0.2) is 24.3 Å². The maximum atomic E-state index is 12.5. The number of likely N-dealkylation sites (tertiary alicyclic amines) is 1. The van der Waals surface area contributed by atoms with Crippen molar-refractivity contribution in [2.75, 3.05) is 19.6 Å². The van der Waals surface area contributed by atoms with E-state index in [-0.39, 0.29) is 18.3 Å². The van der Waals surface area contributed by atoms with Crippen molar-refractivity contribution in [3.63, 3.8) is 0 Å². The summed E-state index contributed by atoms with van der Waals surface area (Å²) >= 11 is 5.90. The Kier molecular flexibility index (Phi) is 6.16. The fraction of sp³-hybridized carbons (Fsp3) is 0.500. The molecule has 0 aliphatic carbocycles. The van der Waals surface area contributed by atoms with Crippen molar-refractivity contribution in [2.45, 2.75) is 38.3 Å². The molecule has 0 atom stereocenters. The second-order valence-corrected chi connectivity index (χ2v) is 7.20. The molecule has 6 nitrogen and oxygen atoms in total. The van der Waals surface area contributed by atoms with E-state index in [0.717, 1.165) is 62.8 Å². The van der Waals surface area contributed by atoms with E-state index in [1.807, 2.05) is 29.2 Å². The largest absolute Gasteiger partial charge is 0.342 e. The first kappa shape index (κ1) is 19.1. The molecule has 140 valence electrons. The van der Waals surface area contributed by atoms with Crippen LogP contribution in [0.25, 0.3) is 0 Å². The molecule has 3 heterocycles. The van der Waals surface area contributed by atoms with Gasteiger partial charge in [0.1, 0.15) is 11.6 Å². The lowest BCUT2D eigenvalue weighted by Gasteiger charge is -2.32. The Morgan fingerprint density at radius 2 is 1.88 bits per heavy atom. The maximum Gasteiger partial charge on any atom is 0.226 e. The number of carbonyl (C=O) groups excluding carboxylic acids is 1. The van der Waals surface area contributed by atoms with Crippen molar-refractivity contribution >= 4 is 29.9 Å². The van der Waals surface area contributed by atoms with Gasteiger partial charge in [-0.3, -0.25) is 4.79 Å². The summed E-state index contributed by atoms with van der Waals surface area (Å²) in [6.45, 7) is 4.28. The molecule has 1 amide bonds. The van der Waals surface area contributed by atoms with Gasteiger partial charge in [-0.05, 0) is 30.5 Å². The van der Waals surface area contributed by atoms with Crippen molar-refractivity contribution in [2.24, 2.45) is 0 Å². The average molecular weight is 396 g/mol. The topological polar surface area (TPSA) is 63.1 Å². The second kappa shape index (κ2) is 8.37. The molecule has 1 saturated heterocycles. The lowest BCUT2D eigenvalue weighted by atomic mass is 9.95. The van der Waals surface area contributed by atoms with Crippen molar-refractivity contribution in [1.29, 1.82) is 0 Å². The van der Waals surface area contributed by atoms with E-state index in [9.17, 15) is 4.79 Å². The standard InChI is InChI=1S/C18H22ClN5O.ClH/c19-15-3-1-13(2-4-15)11-17(25)23-8-5-14(6-9-23)18-22-21-16-12-20-7-10-24(16)18;/h1-4,14,20H,5-12H2;1H. The van der Waals surface area contributed by atoms with Crippen LogP contribution in [0.2, 0.25) is 5.02 Å². The molecular formula is C18H23Cl2N5O. The first-order valence-electron chi connectivity index (χ1n) is 8.85. The lowest BCUT2D eigenvalue weighted by molar-refractivity contribution is -0.131. The molecule has 0 radical (unpaired) electrons. The quantitative estimate of drug-likeness (QED) is 0.866. The van der Waals surface area contributed by atoms with Crippen LogP contribution in [-0.2, 0) is 24.3 Å². The van der Waals surface area contributed by atoms with Crippen molar-refractivity contribution in [3.8, 4) is 0 Å². The lowest BCUT2D eigenvalue weighted by Crippen LogP contribution is -2.39. The molecule has 0 bridgehead atoms. The Labute approximate surface area is 164 Å². The van der Waals surface area contributed by atoms with Crippen LogP contribution in [0, 0.1) is 0 Å². The fourth-order valence-electron chi connectivity index (χ4n) is 3.69. The highest BCUT2D eigenvalue weighted by Gasteiger charge is 2.28. The van der Waals surface area contributed by atoms with E-state index in [4.69, 9.17) is 11.6 Å². The van der Waals surface area contributed by atoms with Gasteiger partial charge in [0.2, 0.25) is 5.91 Å². The van der Waals surface area contributed by atoms with Crippen LogP contribution in [0.1, 0.15) is 36.0 Å². The third-order valence-electron chi connectivity index (χ3n) is 5.13. The molecule has 0 saturated carbocycles. The summed E-state index contributed by atoms with van der Waals surface area (Å²) in [7, 11) is 0. The molecule has 2 aliphatic rings. The van der Waals surface area contributed by atoms with Crippen molar-refractivity contribution < 1.29 is 4.79 Å². The Hall–Kier alpha value is -1.63. The van der Waals surface area contributed by atoms with Gasteiger partial charge >= 0.3 is 0 Å². The summed E-state index contributed by atoms with van der Waals surface area (Å²) in [6, 6.07) is 7.51. The molecule has 26 heavy (non-hydrogen) atoms. The van der Waals surface area contributed by atoms with Gasteiger partial charge in [0.05, 0.1) is 13.0 Å². The number of nitrogens with zero attached hydrogens (tertiary/aromatic N) is 4. The van der Waals surface area contributed by atoms with Gasteiger partial charge in [0.15, 0.2) is 0 Å². The van der Waals surface area contributed by atoms with Gasteiger partial charge in [0.25, 0.3) is 0 Å². The minimum absolute atomic E-state index is 0. The third kappa shape index (κ3) is 4.03. The number of benzene rings is 1. The Morgan fingerprint density at radius 3 is 2.62 bits per heavy atom. The van der Waals surface area contributed by atoms with Crippen LogP contribution in [0.3, 0.4) is 0 Å². The molecule has 1 aromatic carbocycles. The van der Waals surface area contributed by atoms with E-state index in [2.05, 4.69) is 20.1 Å². The molecule has 8 heteroatoms. The summed E-state index contributed by atoms with van der Waals surface area (Å²) in [5.74, 6) is 2.72. The number of halogens is 2. The minimum Gasteiger partial charge on any atom is -0.342 e. The highest BCUT2D eigenvalue weighted by atomic mass is 35.5. The van der Waals surface area contributed by atoms with E-state index < -0.39 is 0 Å². The van der Waals surface area contributed by atoms with E-state index in [1.165, 1.54) is 0 Å². The average Bonchev–Trinajstić information content (AvgIpc) is 3.08. The summed E-state index contributed by atoms with van der Waals surface area (Å²) in [4.78, 5) is 14.5. The smallest absolute Gasteiger partial charge is 0.226 e. The predicted molar refractivity (Wildman–Crippen MR) is 103 cm³/mol. The molecule has 1 N–H and O–H groups in total. The van der Waals surface area contributed by atoms with E-state index in [1.54, 1.807) is 0 Å². The number of hydrogen-bond donors (Lipinski definition) is 1. The fourth-order valence-corrected chi connectivity index (χ4v) is 3.82. The number of aromatic nitrogens is 3. The Bertz CT molecular complexity index is 753. The summed E-state index contributed by atoms with van der Waals surface area (Å²) in [5, 5.41) is 12.8. The minimum atomic E-state index is 0. The van der Waals surface area contributed by atoms with E-state index in [0.29, 0.717) is 17.4 Å². The zero-order chi connectivity index (χ0) is 17.2. The monoisotopic (exact) mass is 395 g/mol. The van der Waals surface area contributed by atoms with Gasteiger partial charge in [0, 0.05) is 37.1 Å². The molecule has 2 aromatic rings. The predicted octanol–water partition coefficient (Wildman–Crippen LogP) is 2.41. The van der Waals surface area contributed by atoms with Crippen LogP contribution < -0.4 is 5.32 Å². The highest BCUT2D eigenvalue weighted by Crippen LogP contribution is 2.28.